The van der Waals surface area contributed by atoms with Gasteiger partial charge in [0, 0.05) is 5.56 Å². The van der Waals surface area contributed by atoms with Crippen LogP contribution < -0.4 is 0 Å². The second-order valence-electron chi connectivity index (χ2n) is 4.24. The van der Waals surface area contributed by atoms with Crippen LogP contribution in [0.25, 0.3) is 0 Å². The van der Waals surface area contributed by atoms with Crippen molar-refractivity contribution in [2.75, 3.05) is 13.2 Å². The summed E-state index contributed by atoms with van der Waals surface area (Å²) in [5, 5.41) is -0.428. The molecule has 17 heavy (non-hydrogen) atoms. The van der Waals surface area contributed by atoms with E-state index < -0.39 is 21.4 Å². The summed E-state index contributed by atoms with van der Waals surface area (Å²) >= 11 is 0. The first-order chi connectivity index (χ1) is 8.01. The zero-order valence-electron chi connectivity index (χ0n) is 9.92. The highest BCUT2D eigenvalue weighted by Crippen LogP contribution is 2.26. The van der Waals surface area contributed by atoms with E-state index in [0.717, 1.165) is 5.56 Å². The van der Waals surface area contributed by atoms with E-state index >= 15 is 0 Å². The van der Waals surface area contributed by atoms with Crippen molar-refractivity contribution in [2.45, 2.75) is 30.3 Å². The van der Waals surface area contributed by atoms with Gasteiger partial charge in [-0.15, -0.1) is 0 Å². The molecule has 0 spiro atoms. The van der Waals surface area contributed by atoms with Crippen molar-refractivity contribution in [3.63, 3.8) is 0 Å². The maximum absolute atomic E-state index is 12.0. The van der Waals surface area contributed by atoms with Crippen LogP contribution >= 0.6 is 0 Å². The summed E-state index contributed by atoms with van der Waals surface area (Å²) < 4.78 is 34.7. The highest BCUT2D eigenvalue weighted by molar-refractivity contribution is 7.92. The number of rotatable bonds is 3. The molecule has 4 nitrogen and oxygen atoms in total. The Labute approximate surface area is 101 Å². The van der Waals surface area contributed by atoms with Gasteiger partial charge in [0.05, 0.1) is 23.4 Å². The standard InChI is InChI=1S/C12H16O4S/c1-9(2)17(13,14)11-5-3-4-10(8-11)12-15-6-7-16-12/h3-5,8-9,12H,6-7H2,1-2H3. The molecule has 0 aliphatic carbocycles. The van der Waals surface area contributed by atoms with E-state index in [-0.39, 0.29) is 0 Å². The minimum Gasteiger partial charge on any atom is -0.346 e. The lowest BCUT2D eigenvalue weighted by Gasteiger charge is -2.12. The third-order valence-electron chi connectivity index (χ3n) is 2.70. The minimum absolute atomic E-state index is 0.323. The van der Waals surface area contributed by atoms with Gasteiger partial charge in [-0.2, -0.15) is 0 Å². The van der Waals surface area contributed by atoms with Crippen molar-refractivity contribution < 1.29 is 17.9 Å². The molecule has 0 radical (unpaired) electrons. The van der Waals surface area contributed by atoms with Crippen molar-refractivity contribution in [2.24, 2.45) is 0 Å². The Kier molecular flexibility index (Phi) is 3.51. The van der Waals surface area contributed by atoms with Gasteiger partial charge in [0.2, 0.25) is 0 Å². The predicted octanol–water partition coefficient (Wildman–Crippen LogP) is 1.91. The van der Waals surface area contributed by atoms with Gasteiger partial charge in [-0.05, 0) is 26.0 Å². The third-order valence-corrected chi connectivity index (χ3v) is 4.85. The van der Waals surface area contributed by atoms with Gasteiger partial charge in [-0.25, -0.2) is 8.42 Å². The molecule has 1 heterocycles. The number of hydrogen-bond acceptors (Lipinski definition) is 4. The van der Waals surface area contributed by atoms with Crippen LogP contribution in [0.3, 0.4) is 0 Å². The lowest BCUT2D eigenvalue weighted by molar-refractivity contribution is -0.0442. The van der Waals surface area contributed by atoms with Gasteiger partial charge in [0.15, 0.2) is 16.1 Å². The van der Waals surface area contributed by atoms with Crippen LogP contribution in [0.4, 0.5) is 0 Å². The molecule has 0 amide bonds. The van der Waals surface area contributed by atoms with Gasteiger partial charge < -0.3 is 9.47 Å². The Hall–Kier alpha value is -0.910. The molecular weight excluding hydrogens is 240 g/mol. The molecule has 1 aliphatic heterocycles. The van der Waals surface area contributed by atoms with E-state index in [1.54, 1.807) is 32.0 Å². The fourth-order valence-corrected chi connectivity index (χ4v) is 2.77. The Morgan fingerprint density at radius 2 is 1.88 bits per heavy atom. The molecule has 0 unspecified atom stereocenters. The summed E-state index contributed by atoms with van der Waals surface area (Å²) in [4.78, 5) is 0.323. The molecule has 2 rings (SSSR count). The molecule has 0 bridgehead atoms. The first-order valence-corrected chi connectivity index (χ1v) is 7.13. The lowest BCUT2D eigenvalue weighted by atomic mass is 10.2. The average molecular weight is 256 g/mol. The fourth-order valence-electron chi connectivity index (χ4n) is 1.66. The Bertz CT molecular complexity index is 487. The Morgan fingerprint density at radius 1 is 1.24 bits per heavy atom. The molecule has 0 atom stereocenters. The molecule has 0 aromatic heterocycles. The number of benzene rings is 1. The second-order valence-corrected chi connectivity index (χ2v) is 6.74. The Balaban J connectivity index is 2.34. The molecule has 1 aromatic rings. The van der Waals surface area contributed by atoms with Gasteiger partial charge in [0.25, 0.3) is 0 Å². The van der Waals surface area contributed by atoms with E-state index in [9.17, 15) is 8.42 Å². The zero-order valence-corrected chi connectivity index (χ0v) is 10.7. The monoisotopic (exact) mass is 256 g/mol. The summed E-state index contributed by atoms with van der Waals surface area (Å²) in [6, 6.07) is 6.77. The van der Waals surface area contributed by atoms with Crippen molar-refractivity contribution in [3.05, 3.63) is 29.8 Å². The van der Waals surface area contributed by atoms with E-state index in [1.165, 1.54) is 0 Å². The van der Waals surface area contributed by atoms with Crippen LogP contribution in [-0.4, -0.2) is 26.9 Å². The maximum atomic E-state index is 12.0. The van der Waals surface area contributed by atoms with Crippen LogP contribution in [0.5, 0.6) is 0 Å². The van der Waals surface area contributed by atoms with Crippen LogP contribution in [0.15, 0.2) is 29.2 Å². The van der Waals surface area contributed by atoms with E-state index in [2.05, 4.69) is 0 Å². The molecule has 0 N–H and O–H groups in total. The van der Waals surface area contributed by atoms with Gasteiger partial charge in [-0.1, -0.05) is 12.1 Å². The van der Waals surface area contributed by atoms with E-state index in [0.29, 0.717) is 18.1 Å². The van der Waals surface area contributed by atoms with Crippen LogP contribution in [0, 0.1) is 0 Å². The van der Waals surface area contributed by atoms with Crippen molar-refractivity contribution in [3.8, 4) is 0 Å². The molecular formula is C12H16O4S. The summed E-state index contributed by atoms with van der Waals surface area (Å²) in [7, 11) is -3.24. The lowest BCUT2D eigenvalue weighted by Crippen LogP contribution is -2.14. The van der Waals surface area contributed by atoms with Crippen LogP contribution in [0.1, 0.15) is 25.7 Å². The summed E-state index contributed by atoms with van der Waals surface area (Å²) in [6.45, 7) is 4.44. The topological polar surface area (TPSA) is 52.6 Å². The average Bonchev–Trinajstić information content (AvgIpc) is 2.82. The van der Waals surface area contributed by atoms with Gasteiger partial charge in [-0.3, -0.25) is 0 Å². The maximum Gasteiger partial charge on any atom is 0.184 e. The SMILES string of the molecule is CC(C)S(=O)(=O)c1cccc(C2OCCO2)c1. The molecule has 5 heteroatoms. The van der Waals surface area contributed by atoms with E-state index in [1.807, 2.05) is 6.07 Å². The smallest absolute Gasteiger partial charge is 0.184 e. The molecule has 1 saturated heterocycles. The molecule has 94 valence electrons. The highest BCUT2D eigenvalue weighted by Gasteiger charge is 2.23. The zero-order chi connectivity index (χ0) is 12.5. The molecule has 1 aliphatic rings. The normalized spacial score (nSPS) is 17.8. The summed E-state index contributed by atoms with van der Waals surface area (Å²) in [5.74, 6) is 0. The molecule has 1 fully saturated rings. The quantitative estimate of drug-likeness (QED) is 0.829. The van der Waals surface area contributed by atoms with E-state index in [4.69, 9.17) is 9.47 Å². The predicted molar refractivity (Wildman–Crippen MR) is 63.4 cm³/mol. The van der Waals surface area contributed by atoms with Crippen LogP contribution in [0.2, 0.25) is 0 Å². The third kappa shape index (κ3) is 2.51. The van der Waals surface area contributed by atoms with Crippen LogP contribution in [-0.2, 0) is 19.3 Å². The summed E-state index contributed by atoms with van der Waals surface area (Å²) in [5.41, 5.74) is 0.754. The number of ether oxygens (including phenoxy) is 2. The van der Waals surface area contributed by atoms with Gasteiger partial charge in [0.1, 0.15) is 0 Å². The number of sulfone groups is 1. The highest BCUT2D eigenvalue weighted by atomic mass is 32.2. The Morgan fingerprint density at radius 3 is 2.47 bits per heavy atom. The first kappa shape index (κ1) is 12.5. The fraction of sp³-hybridized carbons (Fsp3) is 0.500. The first-order valence-electron chi connectivity index (χ1n) is 5.59. The summed E-state index contributed by atoms with van der Waals surface area (Å²) in [6.07, 6.45) is -0.433. The molecule has 0 saturated carbocycles. The second kappa shape index (κ2) is 4.76. The van der Waals surface area contributed by atoms with Gasteiger partial charge >= 0.3 is 0 Å². The molecule has 1 aromatic carbocycles. The largest absolute Gasteiger partial charge is 0.346 e. The van der Waals surface area contributed by atoms with Crippen molar-refractivity contribution >= 4 is 9.84 Å². The minimum atomic E-state index is -3.24. The van der Waals surface area contributed by atoms with Crippen molar-refractivity contribution in [1.29, 1.82) is 0 Å². The number of hydrogen-bond donors (Lipinski definition) is 0. The van der Waals surface area contributed by atoms with Crippen molar-refractivity contribution in [1.82, 2.24) is 0 Å².